The summed E-state index contributed by atoms with van der Waals surface area (Å²) in [6.45, 7) is 6.12. The van der Waals surface area contributed by atoms with E-state index in [0.717, 1.165) is 24.6 Å². The van der Waals surface area contributed by atoms with E-state index in [1.54, 1.807) is 6.20 Å². The van der Waals surface area contributed by atoms with Crippen LogP contribution in [0.25, 0.3) is 0 Å². The molecular formula is C11H20N4. The number of anilines is 1. The molecule has 0 fully saturated rings. The van der Waals surface area contributed by atoms with Crippen molar-refractivity contribution in [3.8, 4) is 0 Å². The lowest BCUT2D eigenvalue weighted by atomic mass is 10.1. The highest BCUT2D eigenvalue weighted by Gasteiger charge is 2.02. The van der Waals surface area contributed by atoms with Crippen LogP contribution < -0.4 is 5.32 Å². The highest BCUT2D eigenvalue weighted by Crippen LogP contribution is 2.11. The van der Waals surface area contributed by atoms with Crippen LogP contribution >= 0.6 is 0 Å². The lowest BCUT2D eigenvalue weighted by molar-refractivity contribution is 0.425. The SMILES string of the molecule is CC(C)c1cncc(NCCN(C)C)n1. The second-order valence-electron chi connectivity index (χ2n) is 4.21. The number of nitrogens with one attached hydrogen (secondary N) is 1. The largest absolute Gasteiger partial charge is 0.368 e. The van der Waals surface area contributed by atoms with Gasteiger partial charge < -0.3 is 10.2 Å². The molecule has 0 aromatic carbocycles. The molecular weight excluding hydrogens is 188 g/mol. The molecule has 0 atom stereocenters. The standard InChI is InChI=1S/C11H20N4/c1-9(2)10-7-12-8-11(14-10)13-5-6-15(3)4/h7-9H,5-6H2,1-4H3,(H,13,14). The van der Waals surface area contributed by atoms with Gasteiger partial charge in [-0.1, -0.05) is 13.8 Å². The second kappa shape index (κ2) is 5.66. The summed E-state index contributed by atoms with van der Waals surface area (Å²) in [4.78, 5) is 10.8. The minimum Gasteiger partial charge on any atom is -0.368 e. The maximum absolute atomic E-state index is 4.48. The van der Waals surface area contributed by atoms with Gasteiger partial charge in [0, 0.05) is 19.3 Å². The summed E-state index contributed by atoms with van der Waals surface area (Å²) in [7, 11) is 4.11. The molecule has 0 amide bonds. The quantitative estimate of drug-likeness (QED) is 0.797. The molecule has 1 rings (SSSR count). The van der Waals surface area contributed by atoms with Crippen molar-refractivity contribution in [3.63, 3.8) is 0 Å². The van der Waals surface area contributed by atoms with Gasteiger partial charge in [-0.25, -0.2) is 4.98 Å². The van der Waals surface area contributed by atoms with Crippen LogP contribution in [0.1, 0.15) is 25.5 Å². The fraction of sp³-hybridized carbons (Fsp3) is 0.636. The zero-order valence-corrected chi connectivity index (χ0v) is 9.99. The van der Waals surface area contributed by atoms with Crippen LogP contribution in [0.2, 0.25) is 0 Å². The predicted molar refractivity (Wildman–Crippen MR) is 63.2 cm³/mol. The van der Waals surface area contributed by atoms with Gasteiger partial charge in [-0.2, -0.15) is 0 Å². The van der Waals surface area contributed by atoms with Gasteiger partial charge in [0.05, 0.1) is 11.9 Å². The summed E-state index contributed by atoms with van der Waals surface area (Å²) in [5.41, 5.74) is 1.03. The molecule has 0 aliphatic heterocycles. The molecule has 1 aromatic heterocycles. The van der Waals surface area contributed by atoms with E-state index in [1.165, 1.54) is 0 Å². The summed E-state index contributed by atoms with van der Waals surface area (Å²) in [6, 6.07) is 0. The fourth-order valence-corrected chi connectivity index (χ4v) is 1.15. The number of rotatable bonds is 5. The molecule has 0 saturated heterocycles. The minimum atomic E-state index is 0.424. The summed E-state index contributed by atoms with van der Waals surface area (Å²) < 4.78 is 0. The fourth-order valence-electron chi connectivity index (χ4n) is 1.15. The molecule has 0 aliphatic rings. The van der Waals surface area contributed by atoms with Crippen molar-refractivity contribution in [1.29, 1.82) is 0 Å². The molecule has 0 unspecified atom stereocenters. The van der Waals surface area contributed by atoms with E-state index in [-0.39, 0.29) is 0 Å². The van der Waals surface area contributed by atoms with Gasteiger partial charge >= 0.3 is 0 Å². The van der Waals surface area contributed by atoms with Crippen LogP contribution in [-0.4, -0.2) is 42.1 Å². The van der Waals surface area contributed by atoms with E-state index in [9.17, 15) is 0 Å². The normalized spacial score (nSPS) is 11.1. The lowest BCUT2D eigenvalue weighted by Gasteiger charge is -2.11. The van der Waals surface area contributed by atoms with E-state index in [1.807, 2.05) is 6.20 Å². The van der Waals surface area contributed by atoms with E-state index >= 15 is 0 Å². The Kier molecular flexibility index (Phi) is 4.49. The number of nitrogens with zero attached hydrogens (tertiary/aromatic N) is 3. The summed E-state index contributed by atoms with van der Waals surface area (Å²) >= 11 is 0. The van der Waals surface area contributed by atoms with Crippen molar-refractivity contribution < 1.29 is 0 Å². The average Bonchev–Trinajstić information content (AvgIpc) is 2.17. The van der Waals surface area contributed by atoms with Gasteiger partial charge in [0.15, 0.2) is 0 Å². The highest BCUT2D eigenvalue weighted by atomic mass is 15.1. The van der Waals surface area contributed by atoms with Gasteiger partial charge in [-0.05, 0) is 20.0 Å². The molecule has 1 aromatic rings. The Morgan fingerprint density at radius 1 is 1.33 bits per heavy atom. The molecule has 0 aliphatic carbocycles. The highest BCUT2D eigenvalue weighted by molar-refractivity contribution is 5.32. The van der Waals surface area contributed by atoms with Crippen molar-refractivity contribution in [3.05, 3.63) is 18.1 Å². The molecule has 0 radical (unpaired) electrons. The first-order valence-electron chi connectivity index (χ1n) is 5.30. The second-order valence-corrected chi connectivity index (χ2v) is 4.21. The van der Waals surface area contributed by atoms with E-state index in [2.05, 4.69) is 48.1 Å². The molecule has 4 nitrogen and oxygen atoms in total. The monoisotopic (exact) mass is 208 g/mol. The number of likely N-dealkylation sites (N-methyl/N-ethyl adjacent to an activating group) is 1. The van der Waals surface area contributed by atoms with E-state index in [4.69, 9.17) is 0 Å². The van der Waals surface area contributed by atoms with Gasteiger partial charge in [0.2, 0.25) is 0 Å². The van der Waals surface area contributed by atoms with Crippen LogP contribution in [0, 0.1) is 0 Å². The molecule has 0 saturated carbocycles. The van der Waals surface area contributed by atoms with Crippen LogP contribution in [0.4, 0.5) is 5.82 Å². The lowest BCUT2D eigenvalue weighted by Crippen LogP contribution is -2.21. The Bertz CT molecular complexity index is 296. The Morgan fingerprint density at radius 3 is 2.67 bits per heavy atom. The van der Waals surface area contributed by atoms with Crippen molar-refractivity contribution in [2.24, 2.45) is 0 Å². The van der Waals surface area contributed by atoms with Crippen LogP contribution in [0.15, 0.2) is 12.4 Å². The minimum absolute atomic E-state index is 0.424. The Labute approximate surface area is 91.7 Å². The first-order valence-corrected chi connectivity index (χ1v) is 5.30. The maximum Gasteiger partial charge on any atom is 0.144 e. The molecule has 1 N–H and O–H groups in total. The van der Waals surface area contributed by atoms with Gasteiger partial charge in [-0.15, -0.1) is 0 Å². The van der Waals surface area contributed by atoms with Crippen molar-refractivity contribution >= 4 is 5.82 Å². The van der Waals surface area contributed by atoms with Crippen LogP contribution in [0.5, 0.6) is 0 Å². The van der Waals surface area contributed by atoms with Crippen molar-refractivity contribution in [2.75, 3.05) is 32.5 Å². The van der Waals surface area contributed by atoms with E-state index < -0.39 is 0 Å². The zero-order valence-electron chi connectivity index (χ0n) is 9.99. The first-order chi connectivity index (χ1) is 7.09. The van der Waals surface area contributed by atoms with Gasteiger partial charge in [-0.3, -0.25) is 4.98 Å². The van der Waals surface area contributed by atoms with Crippen LogP contribution in [-0.2, 0) is 0 Å². The van der Waals surface area contributed by atoms with Gasteiger partial charge in [0.25, 0.3) is 0 Å². The number of hydrogen-bond donors (Lipinski definition) is 1. The summed E-state index contributed by atoms with van der Waals surface area (Å²) in [6.07, 6.45) is 3.59. The molecule has 0 spiro atoms. The number of aromatic nitrogens is 2. The molecule has 0 bridgehead atoms. The van der Waals surface area contributed by atoms with Gasteiger partial charge in [0.1, 0.15) is 5.82 Å². The summed E-state index contributed by atoms with van der Waals surface area (Å²) in [5, 5.41) is 3.26. The zero-order chi connectivity index (χ0) is 11.3. The summed E-state index contributed by atoms with van der Waals surface area (Å²) in [5.74, 6) is 1.29. The topological polar surface area (TPSA) is 41.1 Å². The Balaban J connectivity index is 2.50. The smallest absolute Gasteiger partial charge is 0.144 e. The van der Waals surface area contributed by atoms with Crippen molar-refractivity contribution in [2.45, 2.75) is 19.8 Å². The molecule has 84 valence electrons. The third kappa shape index (κ3) is 4.25. The van der Waals surface area contributed by atoms with Crippen LogP contribution in [0.3, 0.4) is 0 Å². The average molecular weight is 208 g/mol. The maximum atomic E-state index is 4.48. The Morgan fingerprint density at radius 2 is 2.07 bits per heavy atom. The Hall–Kier alpha value is -1.16. The molecule has 4 heteroatoms. The molecule has 1 heterocycles. The van der Waals surface area contributed by atoms with E-state index in [0.29, 0.717) is 5.92 Å². The number of hydrogen-bond acceptors (Lipinski definition) is 4. The predicted octanol–water partition coefficient (Wildman–Crippen LogP) is 1.57. The third-order valence-corrected chi connectivity index (χ3v) is 2.11. The van der Waals surface area contributed by atoms with Crippen molar-refractivity contribution in [1.82, 2.24) is 14.9 Å². The molecule has 15 heavy (non-hydrogen) atoms. The third-order valence-electron chi connectivity index (χ3n) is 2.11. The first kappa shape index (κ1) is 11.9.